The highest BCUT2D eigenvalue weighted by molar-refractivity contribution is 7.92. The largest absolute Gasteiger partial charge is 0.349 e. The molecule has 0 saturated carbocycles. The van der Waals surface area contributed by atoms with E-state index in [1.54, 1.807) is 37.3 Å². The molecule has 0 heterocycles. The lowest BCUT2D eigenvalue weighted by atomic mass is 10.1. The Balaban J connectivity index is 2.32. The zero-order valence-electron chi connectivity index (χ0n) is 15.8. The molecule has 0 spiro atoms. The zero-order valence-corrected chi connectivity index (χ0v) is 16.6. The highest BCUT2D eigenvalue weighted by atomic mass is 32.2. The third kappa shape index (κ3) is 4.85. The second-order valence-electron chi connectivity index (χ2n) is 6.96. The first-order valence-electron chi connectivity index (χ1n) is 8.61. The van der Waals surface area contributed by atoms with Gasteiger partial charge in [-0.15, -0.1) is 0 Å². The molecule has 0 aliphatic rings. The van der Waals surface area contributed by atoms with Crippen LogP contribution in [0.4, 0.5) is 5.69 Å². The lowest BCUT2D eigenvalue weighted by Gasteiger charge is -2.18. The minimum atomic E-state index is -3.79. The van der Waals surface area contributed by atoms with Crippen LogP contribution in [-0.2, 0) is 10.0 Å². The minimum Gasteiger partial charge on any atom is -0.349 e. The van der Waals surface area contributed by atoms with Crippen molar-refractivity contribution in [1.82, 2.24) is 5.32 Å². The number of aryl methyl sites for hydroxylation is 2. The van der Waals surface area contributed by atoms with Gasteiger partial charge in [0.1, 0.15) is 0 Å². The van der Waals surface area contributed by atoms with Gasteiger partial charge in [-0.05, 0) is 62.1 Å². The summed E-state index contributed by atoms with van der Waals surface area (Å²) < 4.78 is 28.2. The number of benzene rings is 2. The van der Waals surface area contributed by atoms with Crippen LogP contribution in [0.5, 0.6) is 0 Å². The average Bonchev–Trinajstić information content (AvgIpc) is 2.54. The number of rotatable bonds is 6. The van der Waals surface area contributed by atoms with E-state index in [0.29, 0.717) is 16.8 Å². The van der Waals surface area contributed by atoms with E-state index in [2.05, 4.69) is 10.0 Å². The van der Waals surface area contributed by atoms with E-state index in [1.807, 2.05) is 33.8 Å². The third-order valence-electron chi connectivity index (χ3n) is 4.37. The molecule has 140 valence electrons. The summed E-state index contributed by atoms with van der Waals surface area (Å²) in [6.07, 6.45) is 0. The lowest BCUT2D eigenvalue weighted by Crippen LogP contribution is -2.36. The van der Waals surface area contributed by atoms with Gasteiger partial charge in [0.25, 0.3) is 15.9 Å². The Morgan fingerprint density at radius 1 is 1.00 bits per heavy atom. The quantitative estimate of drug-likeness (QED) is 0.806. The Hall–Kier alpha value is -2.34. The molecule has 0 fully saturated rings. The Labute approximate surface area is 155 Å². The molecule has 1 unspecified atom stereocenters. The van der Waals surface area contributed by atoms with Gasteiger partial charge in [0.2, 0.25) is 0 Å². The molecule has 0 radical (unpaired) electrons. The van der Waals surface area contributed by atoms with Crippen LogP contribution in [-0.4, -0.2) is 20.4 Å². The van der Waals surface area contributed by atoms with E-state index in [9.17, 15) is 13.2 Å². The first-order valence-corrected chi connectivity index (χ1v) is 10.1. The number of nitrogens with one attached hydrogen (secondary N) is 2. The van der Waals surface area contributed by atoms with Gasteiger partial charge in [-0.2, -0.15) is 0 Å². The Morgan fingerprint density at radius 3 is 2.31 bits per heavy atom. The van der Waals surface area contributed by atoms with Crippen LogP contribution in [0, 0.1) is 19.8 Å². The standard InChI is InChI=1S/C20H26N2O3S/c1-13(2)16(5)21-20(23)17-10-9-15(4)19(12-17)26(24,25)22-18-8-6-7-14(3)11-18/h6-13,16,22H,1-5H3,(H,21,23). The van der Waals surface area contributed by atoms with Crippen LogP contribution in [0.1, 0.15) is 42.3 Å². The van der Waals surface area contributed by atoms with Crippen molar-refractivity contribution >= 4 is 21.6 Å². The fourth-order valence-corrected chi connectivity index (χ4v) is 3.73. The summed E-state index contributed by atoms with van der Waals surface area (Å²) in [6.45, 7) is 9.56. The van der Waals surface area contributed by atoms with Crippen molar-refractivity contribution in [2.45, 2.75) is 45.6 Å². The maximum absolute atomic E-state index is 12.8. The number of carbonyl (C=O) groups excluding carboxylic acids is 1. The fraction of sp³-hybridized carbons (Fsp3) is 0.350. The zero-order chi connectivity index (χ0) is 19.5. The van der Waals surface area contributed by atoms with E-state index in [0.717, 1.165) is 5.56 Å². The second-order valence-corrected chi connectivity index (χ2v) is 8.61. The summed E-state index contributed by atoms with van der Waals surface area (Å²) >= 11 is 0. The van der Waals surface area contributed by atoms with E-state index < -0.39 is 10.0 Å². The first kappa shape index (κ1) is 20.0. The van der Waals surface area contributed by atoms with Gasteiger partial charge in [-0.1, -0.05) is 32.0 Å². The van der Waals surface area contributed by atoms with Crippen LogP contribution in [0.2, 0.25) is 0 Å². The molecule has 2 N–H and O–H groups in total. The van der Waals surface area contributed by atoms with Crippen LogP contribution < -0.4 is 10.0 Å². The normalized spacial score (nSPS) is 12.7. The van der Waals surface area contributed by atoms with E-state index in [-0.39, 0.29) is 22.8 Å². The summed E-state index contributed by atoms with van der Waals surface area (Å²) in [4.78, 5) is 12.5. The van der Waals surface area contributed by atoms with Crippen molar-refractivity contribution in [3.8, 4) is 0 Å². The molecule has 0 aliphatic carbocycles. The summed E-state index contributed by atoms with van der Waals surface area (Å²) in [5.41, 5.74) is 2.36. The molecule has 2 aromatic rings. The van der Waals surface area contributed by atoms with Gasteiger partial charge in [-0.25, -0.2) is 8.42 Å². The molecule has 2 aromatic carbocycles. The Morgan fingerprint density at radius 2 is 1.69 bits per heavy atom. The lowest BCUT2D eigenvalue weighted by molar-refractivity contribution is 0.0930. The SMILES string of the molecule is Cc1cccc(NS(=O)(=O)c2cc(C(=O)NC(C)C(C)C)ccc2C)c1. The smallest absolute Gasteiger partial charge is 0.262 e. The highest BCUT2D eigenvalue weighted by Gasteiger charge is 2.20. The molecule has 6 heteroatoms. The van der Waals surface area contributed by atoms with E-state index >= 15 is 0 Å². The molecule has 0 bridgehead atoms. The molecule has 5 nitrogen and oxygen atoms in total. The first-order chi connectivity index (χ1) is 12.1. The maximum atomic E-state index is 12.8. The number of sulfonamides is 1. The Bertz CT molecular complexity index is 905. The van der Waals surface area contributed by atoms with Gasteiger partial charge >= 0.3 is 0 Å². The summed E-state index contributed by atoms with van der Waals surface area (Å²) in [5, 5.41) is 2.90. The minimum absolute atomic E-state index is 0.00530. The van der Waals surface area contributed by atoms with Gasteiger partial charge in [0.15, 0.2) is 0 Å². The van der Waals surface area contributed by atoms with Crippen molar-refractivity contribution < 1.29 is 13.2 Å². The topological polar surface area (TPSA) is 75.3 Å². The molecule has 1 amide bonds. The molecule has 0 saturated heterocycles. The van der Waals surface area contributed by atoms with E-state index in [1.165, 1.54) is 6.07 Å². The fourth-order valence-electron chi connectivity index (χ4n) is 2.41. The third-order valence-corrected chi connectivity index (χ3v) is 5.89. The molecule has 1 atom stereocenters. The van der Waals surface area contributed by atoms with Gasteiger partial charge in [-0.3, -0.25) is 9.52 Å². The van der Waals surface area contributed by atoms with Crippen molar-refractivity contribution in [2.75, 3.05) is 4.72 Å². The van der Waals surface area contributed by atoms with Crippen molar-refractivity contribution in [3.63, 3.8) is 0 Å². The number of hydrogen-bond donors (Lipinski definition) is 2. The van der Waals surface area contributed by atoms with Crippen LogP contribution in [0.25, 0.3) is 0 Å². The average molecular weight is 375 g/mol. The summed E-state index contributed by atoms with van der Waals surface area (Å²) in [5.74, 6) is 0.00814. The van der Waals surface area contributed by atoms with Crippen molar-refractivity contribution in [3.05, 3.63) is 59.2 Å². The van der Waals surface area contributed by atoms with E-state index in [4.69, 9.17) is 0 Å². The molecular weight excluding hydrogens is 348 g/mol. The highest BCUT2D eigenvalue weighted by Crippen LogP contribution is 2.21. The number of amides is 1. The molecule has 0 aromatic heterocycles. The number of carbonyl (C=O) groups is 1. The van der Waals surface area contributed by atoms with Gasteiger partial charge in [0, 0.05) is 17.3 Å². The number of hydrogen-bond acceptors (Lipinski definition) is 3. The van der Waals surface area contributed by atoms with Gasteiger partial charge < -0.3 is 5.32 Å². The maximum Gasteiger partial charge on any atom is 0.262 e. The molecule has 26 heavy (non-hydrogen) atoms. The van der Waals surface area contributed by atoms with Crippen molar-refractivity contribution in [2.24, 2.45) is 5.92 Å². The number of anilines is 1. The molecule has 0 aliphatic heterocycles. The van der Waals surface area contributed by atoms with Crippen LogP contribution in [0.15, 0.2) is 47.4 Å². The van der Waals surface area contributed by atoms with Crippen LogP contribution in [0.3, 0.4) is 0 Å². The Kier molecular flexibility index (Phi) is 6.08. The predicted molar refractivity (Wildman–Crippen MR) is 105 cm³/mol. The molecular formula is C20H26N2O3S. The summed E-state index contributed by atoms with van der Waals surface area (Å²) in [6, 6.07) is 11.9. The van der Waals surface area contributed by atoms with Crippen molar-refractivity contribution in [1.29, 1.82) is 0 Å². The molecule has 2 rings (SSSR count). The van der Waals surface area contributed by atoms with Gasteiger partial charge in [0.05, 0.1) is 4.90 Å². The van der Waals surface area contributed by atoms with Crippen LogP contribution >= 0.6 is 0 Å². The predicted octanol–water partition coefficient (Wildman–Crippen LogP) is 3.88. The summed E-state index contributed by atoms with van der Waals surface area (Å²) in [7, 11) is -3.79. The monoisotopic (exact) mass is 374 g/mol. The second kappa shape index (κ2) is 7.91.